The zero-order chi connectivity index (χ0) is 23.9. The molecule has 0 saturated carbocycles. The molecule has 176 valence electrons. The van der Waals surface area contributed by atoms with Gasteiger partial charge in [-0.25, -0.2) is 4.98 Å². The Morgan fingerprint density at radius 2 is 1.74 bits per heavy atom. The summed E-state index contributed by atoms with van der Waals surface area (Å²) < 4.78 is 5.46. The fraction of sp³-hybridized carbons (Fsp3) is 0.269. The van der Waals surface area contributed by atoms with Crippen LogP contribution in [-0.2, 0) is 4.79 Å². The first-order chi connectivity index (χ1) is 16.5. The Hall–Kier alpha value is -3.58. The van der Waals surface area contributed by atoms with Crippen LogP contribution in [0.4, 0.5) is 11.5 Å². The van der Waals surface area contributed by atoms with Crippen molar-refractivity contribution in [2.45, 2.75) is 13.3 Å². The van der Waals surface area contributed by atoms with Gasteiger partial charge < -0.3 is 19.9 Å². The maximum Gasteiger partial charge on any atom is 0.262 e. The average molecular weight is 479 g/mol. The summed E-state index contributed by atoms with van der Waals surface area (Å²) in [5.74, 6) is 1.18. The van der Waals surface area contributed by atoms with E-state index in [2.05, 4.69) is 15.2 Å². The molecule has 1 aromatic heterocycles. The molecular weight excluding hydrogens is 452 g/mol. The molecule has 8 heteroatoms. The van der Waals surface area contributed by atoms with Gasteiger partial charge in [0, 0.05) is 36.8 Å². The molecule has 2 amide bonds. The number of halogens is 1. The minimum Gasteiger partial charge on any atom is -0.484 e. The second-order valence-electron chi connectivity index (χ2n) is 8.19. The molecule has 1 aliphatic rings. The summed E-state index contributed by atoms with van der Waals surface area (Å²) in [6, 6.07) is 18.2. The van der Waals surface area contributed by atoms with E-state index in [9.17, 15) is 9.59 Å². The van der Waals surface area contributed by atoms with Crippen LogP contribution in [-0.4, -0.2) is 54.5 Å². The van der Waals surface area contributed by atoms with E-state index in [4.69, 9.17) is 16.3 Å². The molecule has 4 rings (SSSR count). The van der Waals surface area contributed by atoms with Gasteiger partial charge >= 0.3 is 0 Å². The monoisotopic (exact) mass is 478 g/mol. The number of ether oxygens (including phenoxy) is 1. The van der Waals surface area contributed by atoms with Crippen molar-refractivity contribution in [2.75, 3.05) is 43.0 Å². The van der Waals surface area contributed by atoms with E-state index in [1.807, 2.05) is 48.2 Å². The Kier molecular flexibility index (Phi) is 7.65. The summed E-state index contributed by atoms with van der Waals surface area (Å²) in [7, 11) is 0. The number of carbonyl (C=O) groups excluding carboxylic acids is 2. The molecule has 2 heterocycles. The van der Waals surface area contributed by atoms with Crippen molar-refractivity contribution < 1.29 is 14.3 Å². The SMILES string of the molecule is Cc1ccc(C(=O)N2CCCN(c3ccc(NC(=O)COc4ccc(Cl)cc4)cn3)CC2)cc1. The Balaban J connectivity index is 1.28. The molecule has 1 saturated heterocycles. The molecule has 2 aromatic carbocycles. The quantitative estimate of drug-likeness (QED) is 0.568. The van der Waals surface area contributed by atoms with E-state index in [1.165, 1.54) is 0 Å². The fourth-order valence-electron chi connectivity index (χ4n) is 3.75. The van der Waals surface area contributed by atoms with Gasteiger partial charge in [0.15, 0.2) is 6.61 Å². The highest BCUT2D eigenvalue weighted by Crippen LogP contribution is 2.18. The lowest BCUT2D eigenvalue weighted by Gasteiger charge is -2.23. The van der Waals surface area contributed by atoms with Gasteiger partial charge in [-0.1, -0.05) is 29.3 Å². The number of anilines is 2. The zero-order valence-electron chi connectivity index (χ0n) is 19.0. The summed E-state index contributed by atoms with van der Waals surface area (Å²) in [6.45, 7) is 4.76. The standard InChI is InChI=1S/C26H27ClN4O3/c1-19-3-5-20(6-4-19)26(33)31-14-2-13-30(15-16-31)24-12-9-22(17-28-24)29-25(32)18-34-23-10-7-21(27)8-11-23/h3-12,17H,2,13-16,18H2,1H3,(H,29,32). The number of nitrogens with zero attached hydrogens (tertiary/aromatic N) is 3. The van der Waals surface area contributed by atoms with Gasteiger partial charge in [-0.2, -0.15) is 0 Å². The third-order valence-corrected chi connectivity index (χ3v) is 5.87. The van der Waals surface area contributed by atoms with Crippen molar-refractivity contribution in [1.29, 1.82) is 0 Å². The topological polar surface area (TPSA) is 74.8 Å². The average Bonchev–Trinajstić information content (AvgIpc) is 3.11. The molecule has 1 aliphatic heterocycles. The molecule has 0 bridgehead atoms. The van der Waals surface area contributed by atoms with Gasteiger partial charge in [-0.05, 0) is 61.9 Å². The van der Waals surface area contributed by atoms with Crippen molar-refractivity contribution in [1.82, 2.24) is 9.88 Å². The van der Waals surface area contributed by atoms with Crippen LogP contribution in [0.1, 0.15) is 22.3 Å². The zero-order valence-corrected chi connectivity index (χ0v) is 19.8. The second-order valence-corrected chi connectivity index (χ2v) is 8.63. The lowest BCUT2D eigenvalue weighted by atomic mass is 10.1. The number of carbonyl (C=O) groups is 2. The minimum absolute atomic E-state index is 0.0636. The molecule has 0 unspecified atom stereocenters. The summed E-state index contributed by atoms with van der Waals surface area (Å²) >= 11 is 5.85. The molecule has 0 atom stereocenters. The largest absolute Gasteiger partial charge is 0.484 e. The van der Waals surface area contributed by atoms with Crippen LogP contribution in [0.3, 0.4) is 0 Å². The van der Waals surface area contributed by atoms with E-state index in [0.29, 0.717) is 36.1 Å². The third-order valence-electron chi connectivity index (χ3n) is 5.62. The van der Waals surface area contributed by atoms with Gasteiger partial charge in [0.25, 0.3) is 11.8 Å². The summed E-state index contributed by atoms with van der Waals surface area (Å²) in [6.07, 6.45) is 2.50. The number of aromatic nitrogens is 1. The Morgan fingerprint density at radius 1 is 0.971 bits per heavy atom. The number of rotatable bonds is 6. The van der Waals surface area contributed by atoms with Crippen molar-refractivity contribution in [3.05, 3.63) is 83.0 Å². The first-order valence-corrected chi connectivity index (χ1v) is 11.6. The summed E-state index contributed by atoms with van der Waals surface area (Å²) in [4.78, 5) is 33.6. The number of hydrogen-bond acceptors (Lipinski definition) is 5. The molecule has 1 fully saturated rings. The molecule has 3 aromatic rings. The lowest BCUT2D eigenvalue weighted by Crippen LogP contribution is -2.35. The third kappa shape index (κ3) is 6.26. The molecule has 0 spiro atoms. The van der Waals surface area contributed by atoms with Gasteiger partial charge in [0.2, 0.25) is 0 Å². The molecule has 1 N–H and O–H groups in total. The van der Waals surface area contributed by atoms with Gasteiger partial charge in [-0.3, -0.25) is 9.59 Å². The van der Waals surface area contributed by atoms with E-state index >= 15 is 0 Å². The molecule has 34 heavy (non-hydrogen) atoms. The first kappa shape index (κ1) is 23.6. The second kappa shape index (κ2) is 11.0. The van der Waals surface area contributed by atoms with Crippen molar-refractivity contribution in [2.24, 2.45) is 0 Å². The molecular formula is C26H27ClN4O3. The van der Waals surface area contributed by atoms with Gasteiger partial charge in [0.1, 0.15) is 11.6 Å². The van der Waals surface area contributed by atoms with Crippen molar-refractivity contribution in [3.8, 4) is 5.75 Å². The Morgan fingerprint density at radius 3 is 2.44 bits per heavy atom. The maximum atomic E-state index is 12.8. The first-order valence-electron chi connectivity index (χ1n) is 11.2. The van der Waals surface area contributed by atoms with Gasteiger partial charge in [-0.15, -0.1) is 0 Å². The van der Waals surface area contributed by atoms with Gasteiger partial charge in [0.05, 0.1) is 11.9 Å². The maximum absolute atomic E-state index is 12.8. The highest BCUT2D eigenvalue weighted by molar-refractivity contribution is 6.30. The highest BCUT2D eigenvalue weighted by Gasteiger charge is 2.21. The van der Waals surface area contributed by atoms with Crippen molar-refractivity contribution in [3.63, 3.8) is 0 Å². The number of hydrogen-bond donors (Lipinski definition) is 1. The van der Waals surface area contributed by atoms with Crippen LogP contribution in [0, 0.1) is 6.92 Å². The summed E-state index contributed by atoms with van der Waals surface area (Å²) in [5.41, 5.74) is 2.45. The van der Waals surface area contributed by atoms with Crippen LogP contribution in [0.5, 0.6) is 5.75 Å². The lowest BCUT2D eigenvalue weighted by molar-refractivity contribution is -0.118. The van der Waals surface area contributed by atoms with Crippen LogP contribution < -0.4 is 15.0 Å². The van der Waals surface area contributed by atoms with Crippen LogP contribution in [0.25, 0.3) is 0 Å². The van der Waals surface area contributed by atoms with Crippen molar-refractivity contribution >= 4 is 34.9 Å². The summed E-state index contributed by atoms with van der Waals surface area (Å²) in [5, 5.41) is 3.40. The predicted molar refractivity (Wildman–Crippen MR) is 134 cm³/mol. The van der Waals surface area contributed by atoms with E-state index in [0.717, 1.165) is 29.9 Å². The molecule has 7 nitrogen and oxygen atoms in total. The molecule has 0 radical (unpaired) electrons. The number of amides is 2. The number of benzene rings is 2. The normalized spacial score (nSPS) is 13.8. The predicted octanol–water partition coefficient (Wildman–Crippen LogP) is 4.41. The number of nitrogens with one attached hydrogen (secondary N) is 1. The van der Waals surface area contributed by atoms with Crippen LogP contribution >= 0.6 is 11.6 Å². The van der Waals surface area contributed by atoms with E-state index in [1.54, 1.807) is 30.5 Å². The number of pyridine rings is 1. The number of aryl methyl sites for hydroxylation is 1. The van der Waals surface area contributed by atoms with Crippen LogP contribution in [0.15, 0.2) is 66.9 Å². The smallest absolute Gasteiger partial charge is 0.262 e. The minimum atomic E-state index is -0.274. The van der Waals surface area contributed by atoms with E-state index < -0.39 is 0 Å². The fourth-order valence-corrected chi connectivity index (χ4v) is 3.88. The Labute approximate surface area is 204 Å². The van der Waals surface area contributed by atoms with E-state index in [-0.39, 0.29) is 18.4 Å². The molecule has 0 aliphatic carbocycles. The van der Waals surface area contributed by atoms with Crippen LogP contribution in [0.2, 0.25) is 5.02 Å². The Bertz CT molecular complexity index is 1120. The highest BCUT2D eigenvalue weighted by atomic mass is 35.5.